The van der Waals surface area contributed by atoms with Crippen LogP contribution in [0.15, 0.2) is 18.2 Å². The van der Waals surface area contributed by atoms with Crippen molar-refractivity contribution in [3.8, 4) is 0 Å². The summed E-state index contributed by atoms with van der Waals surface area (Å²) in [7, 11) is 0. The molecule has 0 amide bonds. The molecular formula is C13H15FN2O4. The van der Waals surface area contributed by atoms with Gasteiger partial charge in [0.05, 0.1) is 10.8 Å². The van der Waals surface area contributed by atoms with Crippen molar-refractivity contribution in [1.29, 1.82) is 0 Å². The van der Waals surface area contributed by atoms with Gasteiger partial charge in [-0.25, -0.2) is 0 Å². The first-order chi connectivity index (χ1) is 9.50. The van der Waals surface area contributed by atoms with E-state index in [9.17, 15) is 24.4 Å². The highest BCUT2D eigenvalue weighted by molar-refractivity contribution is 5.72. The van der Waals surface area contributed by atoms with E-state index in [1.54, 1.807) is 0 Å². The van der Waals surface area contributed by atoms with Crippen molar-refractivity contribution in [3.63, 3.8) is 0 Å². The number of rotatable bonds is 4. The summed E-state index contributed by atoms with van der Waals surface area (Å²) in [6, 6.07) is 3.36. The van der Waals surface area contributed by atoms with Crippen LogP contribution in [-0.4, -0.2) is 22.0 Å². The number of nitrogens with one attached hydrogen (secondary N) is 1. The lowest BCUT2D eigenvalue weighted by atomic mass is 9.84. The van der Waals surface area contributed by atoms with E-state index in [-0.39, 0.29) is 5.69 Å². The number of halogens is 1. The maximum atomic E-state index is 13.5. The number of aliphatic carboxylic acids is 1. The predicted molar refractivity (Wildman–Crippen MR) is 70.1 cm³/mol. The maximum Gasteiger partial charge on any atom is 0.327 e. The molecule has 1 aliphatic rings. The number of para-hydroxylation sites is 1. The molecule has 0 saturated heterocycles. The van der Waals surface area contributed by atoms with Crippen LogP contribution in [0.5, 0.6) is 0 Å². The first-order valence-corrected chi connectivity index (χ1v) is 6.43. The van der Waals surface area contributed by atoms with E-state index in [4.69, 9.17) is 0 Å². The molecule has 1 saturated carbocycles. The second-order valence-electron chi connectivity index (χ2n) is 4.87. The normalized spacial score (nSPS) is 22.2. The van der Waals surface area contributed by atoms with Gasteiger partial charge in [0, 0.05) is 6.04 Å². The summed E-state index contributed by atoms with van der Waals surface area (Å²) in [6.07, 6.45) is 2.80. The highest BCUT2D eigenvalue weighted by atomic mass is 19.1. The summed E-state index contributed by atoms with van der Waals surface area (Å²) in [4.78, 5) is 21.3. The molecule has 0 bridgehead atoms. The van der Waals surface area contributed by atoms with Crippen molar-refractivity contribution in [2.45, 2.75) is 31.7 Å². The number of carboxylic acids is 1. The van der Waals surface area contributed by atoms with Crippen LogP contribution in [0.25, 0.3) is 0 Å². The Morgan fingerprint density at radius 3 is 2.75 bits per heavy atom. The van der Waals surface area contributed by atoms with Crippen LogP contribution in [-0.2, 0) is 4.79 Å². The zero-order chi connectivity index (χ0) is 14.7. The Balaban J connectivity index is 2.27. The molecule has 6 nitrogen and oxygen atoms in total. The molecule has 0 spiro atoms. The zero-order valence-corrected chi connectivity index (χ0v) is 10.7. The van der Waals surface area contributed by atoms with Crippen molar-refractivity contribution in [2.24, 2.45) is 5.92 Å². The Bertz CT molecular complexity index is 535. The van der Waals surface area contributed by atoms with Gasteiger partial charge in [-0.1, -0.05) is 18.9 Å². The fourth-order valence-corrected chi connectivity index (χ4v) is 2.62. The van der Waals surface area contributed by atoms with E-state index in [1.807, 2.05) is 0 Å². The Hall–Kier alpha value is -2.18. The number of anilines is 1. The molecule has 2 N–H and O–H groups in total. The summed E-state index contributed by atoms with van der Waals surface area (Å²) >= 11 is 0. The number of carbonyl (C=O) groups is 1. The van der Waals surface area contributed by atoms with Gasteiger partial charge in [0.1, 0.15) is 5.69 Å². The highest BCUT2D eigenvalue weighted by Gasteiger charge is 2.32. The number of hydrogen-bond donors (Lipinski definition) is 2. The molecule has 0 aliphatic heterocycles. The number of carboxylic acid groups (broad SMARTS) is 1. The van der Waals surface area contributed by atoms with Gasteiger partial charge in [-0.05, 0) is 25.0 Å². The first kappa shape index (κ1) is 14.2. The van der Waals surface area contributed by atoms with Crippen LogP contribution in [0.2, 0.25) is 0 Å². The quantitative estimate of drug-likeness (QED) is 0.654. The standard InChI is InChI=1S/C13H15FN2O4/c14-9-5-3-7-11(12(9)16(19)20)15-10-6-2-1-4-8(10)13(17)18/h3,5,7-8,10,15H,1-2,4,6H2,(H,17,18). The second-order valence-corrected chi connectivity index (χ2v) is 4.87. The Morgan fingerprint density at radius 2 is 2.10 bits per heavy atom. The molecule has 1 aromatic carbocycles. The minimum Gasteiger partial charge on any atom is -0.481 e. The summed E-state index contributed by atoms with van der Waals surface area (Å²) < 4.78 is 13.5. The minimum atomic E-state index is -0.929. The molecular weight excluding hydrogens is 267 g/mol. The molecule has 20 heavy (non-hydrogen) atoms. The molecule has 0 radical (unpaired) electrons. The van der Waals surface area contributed by atoms with Crippen LogP contribution in [0.1, 0.15) is 25.7 Å². The second kappa shape index (κ2) is 5.85. The lowest BCUT2D eigenvalue weighted by Crippen LogP contribution is -2.37. The number of hydrogen-bond acceptors (Lipinski definition) is 4. The van der Waals surface area contributed by atoms with Gasteiger partial charge < -0.3 is 10.4 Å². The molecule has 2 unspecified atom stereocenters. The molecule has 2 rings (SSSR count). The van der Waals surface area contributed by atoms with Crippen LogP contribution in [0, 0.1) is 21.8 Å². The van der Waals surface area contributed by atoms with Crippen molar-refractivity contribution in [3.05, 3.63) is 34.1 Å². The van der Waals surface area contributed by atoms with Crippen LogP contribution >= 0.6 is 0 Å². The van der Waals surface area contributed by atoms with Gasteiger partial charge in [-0.15, -0.1) is 0 Å². The maximum absolute atomic E-state index is 13.5. The lowest BCUT2D eigenvalue weighted by molar-refractivity contribution is -0.386. The topological polar surface area (TPSA) is 92.5 Å². The smallest absolute Gasteiger partial charge is 0.327 e. The molecule has 1 fully saturated rings. The highest BCUT2D eigenvalue weighted by Crippen LogP contribution is 2.32. The Labute approximate surface area is 114 Å². The molecule has 1 aromatic rings. The van der Waals surface area contributed by atoms with Crippen LogP contribution < -0.4 is 5.32 Å². The van der Waals surface area contributed by atoms with E-state index >= 15 is 0 Å². The lowest BCUT2D eigenvalue weighted by Gasteiger charge is -2.29. The number of nitrogens with zero attached hydrogens (tertiary/aromatic N) is 1. The van der Waals surface area contributed by atoms with Crippen LogP contribution in [0.3, 0.4) is 0 Å². The van der Waals surface area contributed by atoms with Gasteiger partial charge in [-0.2, -0.15) is 4.39 Å². The minimum absolute atomic E-state index is 0.0353. The van der Waals surface area contributed by atoms with Crippen molar-refractivity contribution < 1.29 is 19.2 Å². The van der Waals surface area contributed by atoms with Gasteiger partial charge in [-0.3, -0.25) is 14.9 Å². The van der Waals surface area contributed by atoms with Crippen molar-refractivity contribution in [1.82, 2.24) is 0 Å². The Kier molecular flexibility index (Phi) is 4.16. The average Bonchev–Trinajstić information content (AvgIpc) is 2.38. The van der Waals surface area contributed by atoms with Gasteiger partial charge >= 0.3 is 11.7 Å². The summed E-state index contributed by atoms with van der Waals surface area (Å²) in [5.41, 5.74) is -0.602. The predicted octanol–water partition coefficient (Wildman–Crippen LogP) is 2.79. The fraction of sp³-hybridized carbons (Fsp3) is 0.462. The van der Waals surface area contributed by atoms with Crippen LogP contribution in [0.4, 0.5) is 15.8 Å². The summed E-state index contributed by atoms with van der Waals surface area (Å²) in [5, 5.41) is 22.9. The summed E-state index contributed by atoms with van der Waals surface area (Å²) in [6.45, 7) is 0. The third-order valence-corrected chi connectivity index (χ3v) is 3.59. The van der Waals surface area contributed by atoms with E-state index in [1.165, 1.54) is 12.1 Å². The molecule has 108 valence electrons. The fourth-order valence-electron chi connectivity index (χ4n) is 2.62. The molecule has 2 atom stereocenters. The molecule has 0 aromatic heterocycles. The number of nitro groups is 1. The molecule has 0 heterocycles. The Morgan fingerprint density at radius 1 is 1.40 bits per heavy atom. The molecule has 1 aliphatic carbocycles. The summed E-state index contributed by atoms with van der Waals surface area (Å²) in [5.74, 6) is -2.46. The zero-order valence-electron chi connectivity index (χ0n) is 10.7. The third kappa shape index (κ3) is 2.87. The molecule has 7 heteroatoms. The van der Waals surface area contributed by atoms with E-state index in [0.717, 1.165) is 18.9 Å². The monoisotopic (exact) mass is 282 g/mol. The average molecular weight is 282 g/mol. The van der Waals surface area contributed by atoms with Crippen molar-refractivity contribution in [2.75, 3.05) is 5.32 Å². The van der Waals surface area contributed by atoms with E-state index < -0.39 is 34.4 Å². The van der Waals surface area contributed by atoms with E-state index in [0.29, 0.717) is 12.8 Å². The number of nitro benzene ring substituents is 1. The van der Waals surface area contributed by atoms with E-state index in [2.05, 4.69) is 5.32 Å². The van der Waals surface area contributed by atoms with Gasteiger partial charge in [0.25, 0.3) is 0 Å². The number of benzene rings is 1. The van der Waals surface area contributed by atoms with Gasteiger partial charge in [0.15, 0.2) is 0 Å². The first-order valence-electron chi connectivity index (χ1n) is 6.43. The SMILES string of the molecule is O=C(O)C1CCCCC1Nc1cccc(F)c1[N+](=O)[O-]. The largest absolute Gasteiger partial charge is 0.481 e. The van der Waals surface area contributed by atoms with Crippen molar-refractivity contribution >= 4 is 17.3 Å². The van der Waals surface area contributed by atoms with Gasteiger partial charge in [0.2, 0.25) is 5.82 Å². The third-order valence-electron chi connectivity index (χ3n) is 3.59.